The van der Waals surface area contributed by atoms with Crippen LogP contribution < -0.4 is 0 Å². The number of allylic oxidation sites excluding steroid dienone is 2. The molecule has 0 bridgehead atoms. The summed E-state index contributed by atoms with van der Waals surface area (Å²) in [5.74, 6) is 0.910. The number of aryl methyl sites for hydroxylation is 1. The third-order valence-electron chi connectivity index (χ3n) is 6.10. The zero-order chi connectivity index (χ0) is 25.5. The lowest BCUT2D eigenvalue weighted by atomic mass is 9.96. The van der Waals surface area contributed by atoms with Crippen molar-refractivity contribution in [3.05, 3.63) is 58.5 Å². The zero-order valence-electron chi connectivity index (χ0n) is 21.3. The van der Waals surface area contributed by atoms with Crippen LogP contribution in [0.25, 0.3) is 0 Å². The van der Waals surface area contributed by atoms with Crippen LogP contribution >= 0.6 is 11.6 Å². The van der Waals surface area contributed by atoms with Gasteiger partial charge in [-0.1, -0.05) is 42.8 Å². The summed E-state index contributed by atoms with van der Waals surface area (Å²) in [5.41, 5.74) is 3.14. The minimum Gasteiger partial charge on any atom is -0.495 e. The molecule has 3 rings (SSSR count). The summed E-state index contributed by atoms with van der Waals surface area (Å²) in [6.45, 7) is 15.2. The van der Waals surface area contributed by atoms with Crippen molar-refractivity contribution in [2.24, 2.45) is 0 Å². The van der Waals surface area contributed by atoms with Gasteiger partial charge in [0.05, 0.1) is 5.92 Å². The van der Waals surface area contributed by atoms with Gasteiger partial charge < -0.3 is 14.4 Å². The SMILES string of the molecule is C#C.C/C=C(\C)N1CCC(c2ccc(Cl)c(C)c2)C1=O.C=C(COC)OCCN1CCCCC1. The fraction of sp³-hybridized carbons (Fsp3) is 0.536. The lowest BCUT2D eigenvalue weighted by Crippen LogP contribution is -2.32. The number of carbonyl (C=O) groups excluding carboxylic acids is 1. The molecule has 2 aliphatic heterocycles. The van der Waals surface area contributed by atoms with Crippen LogP contribution in [-0.2, 0) is 14.3 Å². The Morgan fingerprint density at radius 2 is 1.91 bits per heavy atom. The first-order valence-electron chi connectivity index (χ1n) is 11.9. The smallest absolute Gasteiger partial charge is 0.234 e. The first-order chi connectivity index (χ1) is 16.4. The summed E-state index contributed by atoms with van der Waals surface area (Å²) in [7, 11) is 1.65. The number of rotatable bonds is 8. The molecule has 1 unspecified atom stereocenters. The molecule has 0 aromatic heterocycles. The van der Waals surface area contributed by atoms with E-state index in [4.69, 9.17) is 21.1 Å². The average molecular weight is 489 g/mol. The minimum atomic E-state index is -0.0177. The van der Waals surface area contributed by atoms with Crippen molar-refractivity contribution in [1.29, 1.82) is 0 Å². The van der Waals surface area contributed by atoms with Gasteiger partial charge >= 0.3 is 0 Å². The Kier molecular flexibility index (Phi) is 14.3. The second kappa shape index (κ2) is 16.4. The first-order valence-corrected chi connectivity index (χ1v) is 12.3. The number of hydrogen-bond donors (Lipinski definition) is 0. The predicted octanol–water partition coefficient (Wildman–Crippen LogP) is 5.79. The minimum absolute atomic E-state index is 0.0177. The van der Waals surface area contributed by atoms with Crippen molar-refractivity contribution in [1.82, 2.24) is 9.80 Å². The van der Waals surface area contributed by atoms with E-state index in [-0.39, 0.29) is 11.8 Å². The molecule has 1 atom stereocenters. The van der Waals surface area contributed by atoms with Crippen molar-refractivity contribution in [2.75, 3.05) is 46.5 Å². The van der Waals surface area contributed by atoms with Crippen molar-refractivity contribution in [3.8, 4) is 12.8 Å². The summed E-state index contributed by atoms with van der Waals surface area (Å²) in [4.78, 5) is 16.7. The van der Waals surface area contributed by atoms with Crippen LogP contribution in [0.2, 0.25) is 5.02 Å². The van der Waals surface area contributed by atoms with E-state index >= 15 is 0 Å². The number of ether oxygens (including phenoxy) is 2. The van der Waals surface area contributed by atoms with Gasteiger partial charge in [-0.15, -0.1) is 12.8 Å². The van der Waals surface area contributed by atoms with Crippen LogP contribution in [0.4, 0.5) is 0 Å². The number of carbonyl (C=O) groups is 1. The molecule has 0 radical (unpaired) electrons. The van der Waals surface area contributed by atoms with E-state index in [0.717, 1.165) is 53.7 Å². The van der Waals surface area contributed by atoms with Crippen molar-refractivity contribution in [2.45, 2.75) is 52.4 Å². The number of benzene rings is 1. The summed E-state index contributed by atoms with van der Waals surface area (Å²) >= 11 is 6.02. The molecule has 0 saturated carbocycles. The van der Waals surface area contributed by atoms with E-state index < -0.39 is 0 Å². The van der Waals surface area contributed by atoms with Crippen LogP contribution in [0.15, 0.2) is 42.3 Å². The van der Waals surface area contributed by atoms with Crippen molar-refractivity contribution >= 4 is 17.5 Å². The molecule has 0 spiro atoms. The Hall–Kier alpha value is -2.26. The van der Waals surface area contributed by atoms with E-state index in [2.05, 4.69) is 24.3 Å². The first kappa shape index (κ1) is 29.8. The van der Waals surface area contributed by atoms with Gasteiger partial charge in [0.15, 0.2) is 0 Å². The van der Waals surface area contributed by atoms with Crippen LogP contribution in [0.5, 0.6) is 0 Å². The number of likely N-dealkylation sites (tertiary alicyclic amines) is 2. The van der Waals surface area contributed by atoms with E-state index in [9.17, 15) is 4.79 Å². The molecule has 6 heteroatoms. The lowest BCUT2D eigenvalue weighted by molar-refractivity contribution is -0.127. The number of halogens is 1. The summed E-state index contributed by atoms with van der Waals surface area (Å²) in [6.07, 6.45) is 14.9. The Balaban J connectivity index is 0.000000326. The zero-order valence-corrected chi connectivity index (χ0v) is 22.1. The quantitative estimate of drug-likeness (QED) is 0.343. The van der Waals surface area contributed by atoms with Gasteiger partial charge in [0, 0.05) is 30.9 Å². The Morgan fingerprint density at radius 1 is 1.24 bits per heavy atom. The highest BCUT2D eigenvalue weighted by Gasteiger charge is 2.33. The molecule has 0 N–H and O–H groups in total. The Labute approximate surface area is 211 Å². The van der Waals surface area contributed by atoms with E-state index in [1.54, 1.807) is 7.11 Å². The van der Waals surface area contributed by atoms with E-state index in [1.807, 2.05) is 49.9 Å². The molecule has 188 valence electrons. The Bertz CT molecular complexity index is 828. The maximum atomic E-state index is 12.4. The molecule has 2 saturated heterocycles. The summed E-state index contributed by atoms with van der Waals surface area (Å²) in [5, 5.41) is 0.755. The second-order valence-electron chi connectivity index (χ2n) is 8.49. The molecule has 2 fully saturated rings. The third-order valence-corrected chi connectivity index (χ3v) is 6.53. The molecule has 0 aliphatic carbocycles. The van der Waals surface area contributed by atoms with Crippen molar-refractivity contribution < 1.29 is 14.3 Å². The molecule has 2 aliphatic rings. The monoisotopic (exact) mass is 488 g/mol. The highest BCUT2D eigenvalue weighted by Crippen LogP contribution is 2.32. The molecule has 5 nitrogen and oxygen atoms in total. The number of amides is 1. The fourth-order valence-electron chi connectivity index (χ4n) is 4.08. The second-order valence-corrected chi connectivity index (χ2v) is 8.90. The average Bonchev–Trinajstić information content (AvgIpc) is 3.24. The van der Waals surface area contributed by atoms with Crippen LogP contribution in [0.1, 0.15) is 56.6 Å². The Morgan fingerprint density at radius 3 is 2.50 bits per heavy atom. The molecule has 2 heterocycles. The standard InChI is InChI=1S/C15H18ClNO.C11H21NO2.C2H2/c1-4-11(3)17-8-7-13(15(17)18)12-5-6-14(16)10(2)9-12;1-11(10-13-2)14-9-8-12-6-4-3-5-7-12;1-2/h4-6,9,13H,7-8H2,1-3H3;1,3-10H2,2H3;1-2H/b11-4+;;. The number of methoxy groups -OCH3 is 1. The molecule has 1 aromatic rings. The van der Waals surface area contributed by atoms with Crippen LogP contribution in [-0.4, -0.2) is 62.2 Å². The largest absolute Gasteiger partial charge is 0.495 e. The third kappa shape index (κ3) is 9.54. The van der Waals surface area contributed by atoms with Gasteiger partial charge in [0.25, 0.3) is 0 Å². The van der Waals surface area contributed by atoms with Gasteiger partial charge in [0.1, 0.15) is 19.0 Å². The number of nitrogens with zero attached hydrogens (tertiary/aromatic N) is 2. The van der Waals surface area contributed by atoms with Crippen LogP contribution in [0.3, 0.4) is 0 Å². The fourth-order valence-corrected chi connectivity index (χ4v) is 4.20. The number of hydrogen-bond acceptors (Lipinski definition) is 4. The molecular formula is C28H41ClN2O3. The maximum absolute atomic E-state index is 12.4. The topological polar surface area (TPSA) is 42.0 Å². The van der Waals surface area contributed by atoms with E-state index in [1.165, 1.54) is 32.4 Å². The van der Waals surface area contributed by atoms with Gasteiger partial charge in [-0.05, 0) is 70.3 Å². The lowest BCUT2D eigenvalue weighted by Gasteiger charge is -2.26. The number of piperidine rings is 1. The maximum Gasteiger partial charge on any atom is 0.234 e. The predicted molar refractivity (Wildman–Crippen MR) is 142 cm³/mol. The van der Waals surface area contributed by atoms with E-state index in [0.29, 0.717) is 6.61 Å². The molecular weight excluding hydrogens is 448 g/mol. The summed E-state index contributed by atoms with van der Waals surface area (Å²) < 4.78 is 10.3. The molecule has 1 aromatic carbocycles. The number of terminal acetylenes is 1. The highest BCUT2D eigenvalue weighted by molar-refractivity contribution is 6.31. The van der Waals surface area contributed by atoms with Crippen molar-refractivity contribution in [3.63, 3.8) is 0 Å². The van der Waals surface area contributed by atoms with Gasteiger partial charge in [-0.2, -0.15) is 0 Å². The highest BCUT2D eigenvalue weighted by atomic mass is 35.5. The molecule has 34 heavy (non-hydrogen) atoms. The summed E-state index contributed by atoms with van der Waals surface area (Å²) in [6, 6.07) is 5.87. The molecule has 1 amide bonds. The van der Waals surface area contributed by atoms with Gasteiger partial charge in [0.2, 0.25) is 5.91 Å². The van der Waals surface area contributed by atoms with Crippen LogP contribution in [0, 0.1) is 19.8 Å². The van der Waals surface area contributed by atoms with Gasteiger partial charge in [-0.25, -0.2) is 0 Å². The van der Waals surface area contributed by atoms with Gasteiger partial charge in [-0.3, -0.25) is 9.69 Å². The normalized spacial score (nSPS) is 18.4.